The summed E-state index contributed by atoms with van der Waals surface area (Å²) in [6, 6.07) is 1.27. The second-order valence-electron chi connectivity index (χ2n) is 9.14. The molecule has 0 unspecified atom stereocenters. The standard InChI is InChI=1S/C19H34Si2/c1-19(2,17-11-9-10-12-17)18(13-15-20(3,4)5)14-16-21(6,7)8/h9-15,17H,16H2,1-8H3. The van der Waals surface area contributed by atoms with Gasteiger partial charge in [-0.15, -0.1) is 0 Å². The van der Waals surface area contributed by atoms with Crippen LogP contribution in [0.1, 0.15) is 13.8 Å². The highest BCUT2D eigenvalue weighted by Gasteiger charge is 2.30. The fourth-order valence-electron chi connectivity index (χ4n) is 2.41. The molecule has 21 heavy (non-hydrogen) atoms. The van der Waals surface area contributed by atoms with E-state index in [1.54, 1.807) is 0 Å². The van der Waals surface area contributed by atoms with Crippen LogP contribution < -0.4 is 0 Å². The van der Waals surface area contributed by atoms with Crippen LogP contribution in [0.5, 0.6) is 0 Å². The lowest BCUT2D eigenvalue weighted by Gasteiger charge is -2.32. The highest BCUT2D eigenvalue weighted by atomic mass is 28.3. The van der Waals surface area contributed by atoms with Gasteiger partial charge in [-0.2, -0.15) is 0 Å². The van der Waals surface area contributed by atoms with Crippen LogP contribution in [0.2, 0.25) is 45.3 Å². The third-order valence-corrected chi connectivity index (χ3v) is 6.62. The molecule has 0 radical (unpaired) electrons. The van der Waals surface area contributed by atoms with E-state index in [0.29, 0.717) is 5.92 Å². The zero-order chi connectivity index (χ0) is 16.3. The largest absolute Gasteiger partial charge is 0.0947 e. The van der Waals surface area contributed by atoms with Crippen molar-refractivity contribution in [3.8, 4) is 0 Å². The molecule has 0 amide bonds. The van der Waals surface area contributed by atoms with E-state index in [4.69, 9.17) is 0 Å². The van der Waals surface area contributed by atoms with Crippen LogP contribution in [0.25, 0.3) is 0 Å². The van der Waals surface area contributed by atoms with Crippen LogP contribution in [0.4, 0.5) is 0 Å². The number of rotatable bonds is 6. The quantitative estimate of drug-likeness (QED) is 0.390. The summed E-state index contributed by atoms with van der Waals surface area (Å²) < 4.78 is 0. The Balaban J connectivity index is 3.09. The van der Waals surface area contributed by atoms with Gasteiger partial charge < -0.3 is 0 Å². The van der Waals surface area contributed by atoms with Gasteiger partial charge in [-0.3, -0.25) is 0 Å². The van der Waals surface area contributed by atoms with E-state index in [2.05, 4.69) is 95.3 Å². The summed E-state index contributed by atoms with van der Waals surface area (Å²) in [6.45, 7) is 19.3. The van der Waals surface area contributed by atoms with Crippen LogP contribution in [0.15, 0.2) is 47.7 Å². The molecule has 0 bridgehead atoms. The second-order valence-corrected chi connectivity index (χ2v) is 19.7. The van der Waals surface area contributed by atoms with E-state index >= 15 is 0 Å². The van der Waals surface area contributed by atoms with E-state index < -0.39 is 16.1 Å². The second kappa shape index (κ2) is 6.66. The summed E-state index contributed by atoms with van der Waals surface area (Å²) in [5.41, 5.74) is 4.19. The molecular weight excluding hydrogens is 284 g/mol. The average Bonchev–Trinajstić information content (AvgIpc) is 2.79. The first-order valence-corrected chi connectivity index (χ1v) is 15.5. The Labute approximate surface area is 134 Å². The van der Waals surface area contributed by atoms with Crippen LogP contribution >= 0.6 is 0 Å². The number of hydrogen-bond donors (Lipinski definition) is 0. The minimum absolute atomic E-state index is 0.180. The molecule has 0 N–H and O–H groups in total. The Morgan fingerprint density at radius 1 is 1.00 bits per heavy atom. The van der Waals surface area contributed by atoms with Gasteiger partial charge in [0.1, 0.15) is 0 Å². The van der Waals surface area contributed by atoms with Crippen molar-refractivity contribution in [2.45, 2.75) is 59.2 Å². The monoisotopic (exact) mass is 318 g/mol. The lowest BCUT2D eigenvalue weighted by molar-refractivity contribution is 0.385. The van der Waals surface area contributed by atoms with Gasteiger partial charge in [-0.1, -0.05) is 95.3 Å². The minimum Gasteiger partial charge on any atom is -0.0947 e. The summed E-state index contributed by atoms with van der Waals surface area (Å²) in [5, 5.41) is 0. The van der Waals surface area contributed by atoms with E-state index in [-0.39, 0.29) is 5.41 Å². The van der Waals surface area contributed by atoms with Crippen LogP contribution in [-0.2, 0) is 0 Å². The third-order valence-electron chi connectivity index (χ3n) is 4.02. The van der Waals surface area contributed by atoms with E-state index in [0.717, 1.165) is 0 Å². The molecule has 0 aliphatic heterocycles. The van der Waals surface area contributed by atoms with Crippen molar-refractivity contribution in [1.29, 1.82) is 0 Å². The maximum atomic E-state index is 2.53. The van der Waals surface area contributed by atoms with Crippen LogP contribution in [-0.4, -0.2) is 16.1 Å². The Kier molecular flexibility index (Phi) is 5.85. The normalized spacial score (nSPS) is 18.2. The van der Waals surface area contributed by atoms with Crippen LogP contribution in [0, 0.1) is 11.3 Å². The molecule has 1 rings (SSSR count). The van der Waals surface area contributed by atoms with Crippen molar-refractivity contribution in [2.24, 2.45) is 11.3 Å². The first kappa shape index (κ1) is 18.4. The summed E-state index contributed by atoms with van der Waals surface area (Å²) in [6.07, 6.45) is 14.0. The molecule has 1 aliphatic rings. The molecule has 2 heteroatoms. The highest BCUT2D eigenvalue weighted by molar-refractivity contribution is 6.81. The molecule has 1 aliphatic carbocycles. The topological polar surface area (TPSA) is 0 Å². The average molecular weight is 319 g/mol. The van der Waals surface area contributed by atoms with Gasteiger partial charge in [0.05, 0.1) is 8.07 Å². The van der Waals surface area contributed by atoms with Gasteiger partial charge in [-0.25, -0.2) is 0 Å². The molecule has 0 aromatic rings. The molecule has 0 fully saturated rings. The van der Waals surface area contributed by atoms with Gasteiger partial charge >= 0.3 is 0 Å². The zero-order valence-electron chi connectivity index (χ0n) is 15.3. The lowest BCUT2D eigenvalue weighted by Crippen LogP contribution is -2.25. The molecular formula is C19H34Si2. The van der Waals surface area contributed by atoms with Gasteiger partial charge in [-0.05, 0) is 17.0 Å². The number of allylic oxidation sites excluding steroid dienone is 7. The Morgan fingerprint density at radius 2 is 1.52 bits per heavy atom. The Hall–Kier alpha value is -0.606. The highest BCUT2D eigenvalue weighted by Crippen LogP contribution is 2.40. The van der Waals surface area contributed by atoms with E-state index in [1.807, 2.05) is 0 Å². The summed E-state index contributed by atoms with van der Waals surface area (Å²) >= 11 is 0. The molecule has 0 heterocycles. The van der Waals surface area contributed by atoms with Crippen molar-refractivity contribution in [3.05, 3.63) is 47.7 Å². The number of hydrogen-bond acceptors (Lipinski definition) is 0. The molecule has 0 nitrogen and oxygen atoms in total. The Bertz CT molecular complexity index is 451. The van der Waals surface area contributed by atoms with Gasteiger partial charge in [0.25, 0.3) is 0 Å². The van der Waals surface area contributed by atoms with Crippen molar-refractivity contribution in [3.63, 3.8) is 0 Å². The predicted molar refractivity (Wildman–Crippen MR) is 104 cm³/mol. The van der Waals surface area contributed by atoms with E-state index in [9.17, 15) is 0 Å². The van der Waals surface area contributed by atoms with Gasteiger partial charge in [0.2, 0.25) is 0 Å². The third kappa shape index (κ3) is 6.35. The Morgan fingerprint density at radius 3 is 1.95 bits per heavy atom. The summed E-state index contributed by atoms with van der Waals surface area (Å²) in [4.78, 5) is 0. The van der Waals surface area contributed by atoms with Crippen molar-refractivity contribution < 1.29 is 0 Å². The molecule has 118 valence electrons. The maximum absolute atomic E-state index is 2.53. The molecule has 0 aromatic carbocycles. The zero-order valence-corrected chi connectivity index (χ0v) is 17.3. The van der Waals surface area contributed by atoms with Crippen molar-refractivity contribution in [1.82, 2.24) is 0 Å². The van der Waals surface area contributed by atoms with Crippen molar-refractivity contribution in [2.75, 3.05) is 0 Å². The lowest BCUT2D eigenvalue weighted by atomic mass is 9.73. The summed E-state index contributed by atoms with van der Waals surface area (Å²) in [7, 11) is -2.21. The van der Waals surface area contributed by atoms with Crippen molar-refractivity contribution >= 4 is 16.1 Å². The first-order valence-electron chi connectivity index (χ1n) is 8.17. The fourth-order valence-corrected chi connectivity index (χ4v) is 3.92. The molecule has 0 saturated carbocycles. The van der Waals surface area contributed by atoms with Crippen LogP contribution in [0.3, 0.4) is 0 Å². The van der Waals surface area contributed by atoms with E-state index in [1.165, 1.54) is 11.6 Å². The van der Waals surface area contributed by atoms with Gasteiger partial charge in [0.15, 0.2) is 0 Å². The summed E-state index contributed by atoms with van der Waals surface area (Å²) in [5.74, 6) is 0.525. The molecule has 0 atom stereocenters. The first-order chi connectivity index (χ1) is 9.42. The SMILES string of the molecule is CC(C)(C(C=C[Si](C)(C)C)=CC[Si](C)(C)C)C1C=CC=C1. The smallest absolute Gasteiger partial charge is 0.0687 e. The molecule has 0 spiro atoms. The minimum atomic E-state index is -1.16. The molecule has 0 saturated heterocycles. The predicted octanol–water partition coefficient (Wildman–Crippen LogP) is 6.45. The van der Waals surface area contributed by atoms with Gasteiger partial charge in [0, 0.05) is 14.0 Å². The maximum Gasteiger partial charge on any atom is 0.0687 e. The fraction of sp³-hybridized carbons (Fsp3) is 0.579. The molecule has 0 aromatic heterocycles.